The number of fused-ring (bicyclic) bond motifs is 1. The lowest BCUT2D eigenvalue weighted by Crippen LogP contribution is -2.21. The molecular weight excluding hydrogens is 468 g/mol. The minimum atomic E-state index is -3.76. The highest BCUT2D eigenvalue weighted by Gasteiger charge is 2.25. The van der Waals surface area contributed by atoms with E-state index in [-0.39, 0.29) is 16.4 Å². The van der Waals surface area contributed by atoms with E-state index in [4.69, 9.17) is 4.42 Å². The minimum Gasteiger partial charge on any atom is -0.448 e. The second kappa shape index (κ2) is 9.02. The Kier molecular flexibility index (Phi) is 6.33. The van der Waals surface area contributed by atoms with Crippen molar-refractivity contribution >= 4 is 54.9 Å². The van der Waals surface area contributed by atoms with Gasteiger partial charge in [-0.05, 0) is 36.8 Å². The fourth-order valence-corrected chi connectivity index (χ4v) is 5.76. The van der Waals surface area contributed by atoms with Crippen molar-refractivity contribution in [2.45, 2.75) is 22.1 Å². The van der Waals surface area contributed by atoms with Gasteiger partial charge in [-0.1, -0.05) is 17.8 Å². The number of carbonyl (C=O) groups is 1. The first-order valence-corrected chi connectivity index (χ1v) is 12.7. The zero-order valence-electron chi connectivity index (χ0n) is 17.5. The lowest BCUT2D eigenvalue weighted by atomic mass is 10.2. The number of furan rings is 1. The van der Waals surface area contributed by atoms with Gasteiger partial charge in [-0.25, -0.2) is 17.7 Å². The van der Waals surface area contributed by atoms with Gasteiger partial charge < -0.3 is 9.73 Å². The Labute approximate surface area is 193 Å². The summed E-state index contributed by atoms with van der Waals surface area (Å²) in [5, 5.41) is 2.54. The van der Waals surface area contributed by atoms with Crippen LogP contribution in [0, 0.1) is 6.92 Å². The summed E-state index contributed by atoms with van der Waals surface area (Å²) in [6.45, 7) is 1.56. The summed E-state index contributed by atoms with van der Waals surface area (Å²) in [4.78, 5) is 21.5. The standard InChI is InChI=1S/C21H20N4O4S3/c1-13-16(10-19(29-13)32(27,28)25(2)3)20(26)23-15-6-7-17-18(9-15)31-21(24-17)30-12-14-5-4-8-22-11-14/h4-11H,12H2,1-3H3,(H,23,26). The van der Waals surface area contributed by atoms with Crippen LogP contribution in [-0.4, -0.2) is 42.7 Å². The molecule has 0 saturated carbocycles. The van der Waals surface area contributed by atoms with Crippen LogP contribution in [0.15, 0.2) is 62.6 Å². The maximum Gasteiger partial charge on any atom is 0.275 e. The molecule has 0 atom stereocenters. The first kappa shape index (κ1) is 22.5. The molecule has 8 nitrogen and oxygen atoms in total. The normalized spacial score (nSPS) is 11.9. The van der Waals surface area contributed by atoms with Crippen LogP contribution in [0.1, 0.15) is 21.7 Å². The average molecular weight is 489 g/mol. The Morgan fingerprint density at radius 2 is 2.06 bits per heavy atom. The molecule has 166 valence electrons. The number of thiazole rings is 1. The van der Waals surface area contributed by atoms with Crippen LogP contribution in [0.25, 0.3) is 10.2 Å². The highest BCUT2D eigenvalue weighted by molar-refractivity contribution is 8.00. The molecule has 4 aromatic rings. The zero-order valence-corrected chi connectivity index (χ0v) is 20.0. The number of hydrogen-bond donors (Lipinski definition) is 1. The second-order valence-corrected chi connectivity index (χ2v) is 11.4. The van der Waals surface area contributed by atoms with Gasteiger partial charge in [0.15, 0.2) is 4.34 Å². The molecule has 0 unspecified atom stereocenters. The zero-order chi connectivity index (χ0) is 22.9. The van der Waals surface area contributed by atoms with Crippen LogP contribution in [-0.2, 0) is 15.8 Å². The molecule has 0 spiro atoms. The number of anilines is 1. The van der Waals surface area contributed by atoms with Gasteiger partial charge in [-0.2, -0.15) is 0 Å². The molecule has 3 heterocycles. The fourth-order valence-electron chi connectivity index (χ4n) is 2.86. The number of nitrogens with zero attached hydrogens (tertiary/aromatic N) is 3. The number of sulfonamides is 1. The maximum atomic E-state index is 12.7. The Morgan fingerprint density at radius 1 is 1.25 bits per heavy atom. The van der Waals surface area contributed by atoms with Crippen LogP contribution in [0.4, 0.5) is 5.69 Å². The number of aromatic nitrogens is 2. The summed E-state index contributed by atoms with van der Waals surface area (Å²) < 4.78 is 32.8. The molecule has 1 N–H and O–H groups in total. The summed E-state index contributed by atoms with van der Waals surface area (Å²) in [5.41, 5.74) is 2.73. The molecule has 11 heteroatoms. The Hall–Kier alpha value is -2.73. The lowest BCUT2D eigenvalue weighted by molar-refractivity contribution is 0.102. The summed E-state index contributed by atoms with van der Waals surface area (Å²) in [6.07, 6.45) is 3.58. The van der Waals surface area contributed by atoms with Crippen LogP contribution >= 0.6 is 23.1 Å². The number of pyridine rings is 1. The third-order valence-corrected chi connectivity index (χ3v) is 8.49. The average Bonchev–Trinajstić information content (AvgIpc) is 3.36. The Morgan fingerprint density at radius 3 is 2.78 bits per heavy atom. The molecule has 0 saturated heterocycles. The first-order chi connectivity index (χ1) is 15.2. The highest BCUT2D eigenvalue weighted by atomic mass is 32.2. The van der Waals surface area contributed by atoms with E-state index in [1.165, 1.54) is 20.2 Å². The number of thioether (sulfide) groups is 1. The quantitative estimate of drug-likeness (QED) is 0.385. The van der Waals surface area contributed by atoms with E-state index in [0.717, 1.165) is 30.2 Å². The van der Waals surface area contributed by atoms with Crippen molar-refractivity contribution in [2.24, 2.45) is 0 Å². The van der Waals surface area contributed by atoms with E-state index < -0.39 is 15.9 Å². The SMILES string of the molecule is Cc1oc(S(=O)(=O)N(C)C)cc1C(=O)Nc1ccc2nc(SCc3cccnc3)sc2c1. The van der Waals surface area contributed by atoms with Crippen molar-refractivity contribution in [3.05, 3.63) is 65.7 Å². The van der Waals surface area contributed by atoms with Gasteiger partial charge in [0.25, 0.3) is 15.9 Å². The summed E-state index contributed by atoms with van der Waals surface area (Å²) in [6, 6.07) is 10.6. The number of aryl methyl sites for hydroxylation is 1. The predicted octanol–water partition coefficient (Wildman–Crippen LogP) is 4.39. The van der Waals surface area contributed by atoms with E-state index in [2.05, 4.69) is 15.3 Å². The molecule has 0 radical (unpaired) electrons. The van der Waals surface area contributed by atoms with Crippen molar-refractivity contribution in [3.8, 4) is 0 Å². The molecule has 0 fully saturated rings. The van der Waals surface area contributed by atoms with Gasteiger partial charge in [0.1, 0.15) is 5.76 Å². The van der Waals surface area contributed by atoms with Gasteiger partial charge in [0, 0.05) is 44.0 Å². The van der Waals surface area contributed by atoms with Crippen LogP contribution < -0.4 is 5.32 Å². The summed E-state index contributed by atoms with van der Waals surface area (Å²) >= 11 is 3.18. The molecule has 0 aliphatic rings. The third-order valence-electron chi connectivity index (χ3n) is 4.59. The number of nitrogens with one attached hydrogen (secondary N) is 1. The smallest absolute Gasteiger partial charge is 0.275 e. The second-order valence-electron chi connectivity index (χ2n) is 7.09. The van der Waals surface area contributed by atoms with E-state index in [1.807, 2.05) is 30.5 Å². The van der Waals surface area contributed by atoms with E-state index in [1.54, 1.807) is 42.3 Å². The molecular formula is C21H20N4O4S3. The van der Waals surface area contributed by atoms with Crippen LogP contribution in [0.5, 0.6) is 0 Å². The van der Waals surface area contributed by atoms with E-state index >= 15 is 0 Å². The molecule has 3 aromatic heterocycles. The number of benzene rings is 1. The maximum absolute atomic E-state index is 12.7. The molecule has 32 heavy (non-hydrogen) atoms. The van der Waals surface area contributed by atoms with Crippen molar-refractivity contribution < 1.29 is 17.6 Å². The van der Waals surface area contributed by atoms with Gasteiger partial charge in [0.05, 0.1) is 15.8 Å². The van der Waals surface area contributed by atoms with E-state index in [0.29, 0.717) is 5.69 Å². The molecule has 4 rings (SSSR count). The van der Waals surface area contributed by atoms with Crippen molar-refractivity contribution in [1.82, 2.24) is 14.3 Å². The monoisotopic (exact) mass is 488 g/mol. The summed E-state index contributed by atoms with van der Waals surface area (Å²) in [5.74, 6) is 0.562. The Bertz CT molecular complexity index is 1380. The van der Waals surface area contributed by atoms with Gasteiger partial charge >= 0.3 is 0 Å². The van der Waals surface area contributed by atoms with Crippen LogP contribution in [0.3, 0.4) is 0 Å². The van der Waals surface area contributed by atoms with Crippen molar-refractivity contribution in [1.29, 1.82) is 0 Å². The minimum absolute atomic E-state index is 0.169. The molecule has 0 bridgehead atoms. The van der Waals surface area contributed by atoms with E-state index in [9.17, 15) is 13.2 Å². The Balaban J connectivity index is 1.50. The molecule has 0 aliphatic carbocycles. The number of rotatable bonds is 7. The topological polar surface area (TPSA) is 105 Å². The number of amides is 1. The van der Waals surface area contributed by atoms with Crippen LogP contribution in [0.2, 0.25) is 0 Å². The van der Waals surface area contributed by atoms with Crippen molar-refractivity contribution in [2.75, 3.05) is 19.4 Å². The van der Waals surface area contributed by atoms with Crippen molar-refractivity contribution in [3.63, 3.8) is 0 Å². The third kappa shape index (κ3) is 4.70. The number of hydrogen-bond acceptors (Lipinski definition) is 8. The molecule has 0 aliphatic heterocycles. The van der Waals surface area contributed by atoms with Gasteiger partial charge in [-0.3, -0.25) is 9.78 Å². The summed E-state index contributed by atoms with van der Waals surface area (Å²) in [7, 11) is -0.956. The van der Waals surface area contributed by atoms with Gasteiger partial charge in [0.2, 0.25) is 5.09 Å². The highest BCUT2D eigenvalue weighted by Crippen LogP contribution is 2.33. The fraction of sp³-hybridized carbons (Fsp3) is 0.190. The largest absolute Gasteiger partial charge is 0.448 e. The molecule has 1 aromatic carbocycles. The molecule has 1 amide bonds. The predicted molar refractivity (Wildman–Crippen MR) is 126 cm³/mol. The number of carbonyl (C=O) groups excluding carboxylic acids is 1. The first-order valence-electron chi connectivity index (χ1n) is 9.50. The lowest BCUT2D eigenvalue weighted by Gasteiger charge is -2.07. The van der Waals surface area contributed by atoms with Gasteiger partial charge in [-0.15, -0.1) is 11.3 Å².